The summed E-state index contributed by atoms with van der Waals surface area (Å²) in [4.78, 5) is 12.2. The van der Waals surface area contributed by atoms with E-state index >= 15 is 0 Å². The molecule has 0 aromatic heterocycles. The number of carbonyl (C=O) groups excluding carboxylic acids is 1. The lowest BCUT2D eigenvalue weighted by atomic mass is 9.86. The number of nitrogens with one attached hydrogen (secondary N) is 1. The number of fused-ring (bicyclic) bond motifs is 2. The van der Waals surface area contributed by atoms with E-state index in [2.05, 4.69) is 5.32 Å². The SMILES string of the molecule is O=C(Nc1cc(F)c(F)c(F)c1)c1ccc(Cl)c(S(=O)(=O)C[C@@H]2CC3CC2[C@H](O)C3O)c1. The van der Waals surface area contributed by atoms with Crippen molar-refractivity contribution in [3.05, 3.63) is 58.4 Å². The van der Waals surface area contributed by atoms with E-state index in [-0.39, 0.29) is 44.7 Å². The highest BCUT2D eigenvalue weighted by Gasteiger charge is 2.52. The minimum absolute atomic E-state index is 0.107. The lowest BCUT2D eigenvalue weighted by molar-refractivity contribution is -0.0304. The van der Waals surface area contributed by atoms with E-state index < -0.39 is 45.4 Å². The highest BCUT2D eigenvalue weighted by Crippen LogP contribution is 2.49. The van der Waals surface area contributed by atoms with E-state index in [4.69, 9.17) is 11.6 Å². The van der Waals surface area contributed by atoms with Crippen LogP contribution in [0.5, 0.6) is 0 Å². The zero-order chi connectivity index (χ0) is 23.4. The maximum atomic E-state index is 13.4. The molecule has 3 N–H and O–H groups in total. The summed E-state index contributed by atoms with van der Waals surface area (Å²) >= 11 is 6.08. The van der Waals surface area contributed by atoms with Crippen LogP contribution in [0.2, 0.25) is 5.02 Å². The molecule has 0 heterocycles. The Bertz CT molecular complexity index is 1170. The molecule has 11 heteroatoms. The number of sulfone groups is 1. The predicted molar refractivity (Wildman–Crippen MR) is 109 cm³/mol. The molecule has 32 heavy (non-hydrogen) atoms. The summed E-state index contributed by atoms with van der Waals surface area (Å²) in [6.07, 6.45) is -0.820. The molecule has 2 aromatic carbocycles. The summed E-state index contributed by atoms with van der Waals surface area (Å²) in [5, 5.41) is 22.1. The number of halogens is 4. The van der Waals surface area contributed by atoms with Gasteiger partial charge in [-0.1, -0.05) is 11.6 Å². The predicted octanol–water partition coefficient (Wildman–Crippen LogP) is 3.16. The Morgan fingerprint density at radius 1 is 1.06 bits per heavy atom. The molecule has 3 unspecified atom stereocenters. The van der Waals surface area contributed by atoms with Gasteiger partial charge < -0.3 is 15.5 Å². The van der Waals surface area contributed by atoms with Crippen molar-refractivity contribution < 1.29 is 36.6 Å². The van der Waals surface area contributed by atoms with E-state index in [0.29, 0.717) is 25.0 Å². The first-order chi connectivity index (χ1) is 15.0. The summed E-state index contributed by atoms with van der Waals surface area (Å²) in [6.45, 7) is 0. The minimum atomic E-state index is -3.96. The first-order valence-corrected chi connectivity index (χ1v) is 11.9. The van der Waals surface area contributed by atoms with Crippen LogP contribution in [0.3, 0.4) is 0 Å². The second-order valence-corrected chi connectivity index (χ2v) is 10.7. The van der Waals surface area contributed by atoms with Gasteiger partial charge in [0, 0.05) is 23.4 Å². The van der Waals surface area contributed by atoms with Crippen LogP contribution in [0, 0.1) is 35.2 Å². The smallest absolute Gasteiger partial charge is 0.255 e. The largest absolute Gasteiger partial charge is 0.390 e. The highest BCUT2D eigenvalue weighted by molar-refractivity contribution is 7.91. The van der Waals surface area contributed by atoms with E-state index in [0.717, 1.165) is 6.07 Å². The molecule has 2 aliphatic carbocycles. The summed E-state index contributed by atoms with van der Waals surface area (Å²) in [5.74, 6) is -6.68. The molecule has 2 fully saturated rings. The third-order valence-corrected chi connectivity index (χ3v) is 8.58. The Hall–Kier alpha value is -2.14. The van der Waals surface area contributed by atoms with Crippen molar-refractivity contribution in [2.24, 2.45) is 17.8 Å². The average molecular weight is 490 g/mol. The molecule has 0 spiro atoms. The lowest BCUT2D eigenvalue weighted by Gasteiger charge is -2.29. The maximum Gasteiger partial charge on any atom is 0.255 e. The fraction of sp³-hybridized carbons (Fsp3) is 0.381. The molecule has 1 amide bonds. The zero-order valence-corrected chi connectivity index (χ0v) is 18.0. The standard InChI is InChI=1S/C21H19ClF3NO5S/c22-14-2-1-9(21(29)26-12-6-15(23)18(25)16(24)7-12)5-17(14)32(30,31)8-11-3-10-4-13(11)20(28)19(10)27/h1-2,5-7,10-11,13,19-20,27-28H,3-4,8H2,(H,26,29)/t10?,11-,13?,19?,20-/m0/s1. The lowest BCUT2D eigenvalue weighted by Crippen LogP contribution is -2.38. The fourth-order valence-electron chi connectivity index (χ4n) is 4.71. The van der Waals surface area contributed by atoms with Gasteiger partial charge in [0.25, 0.3) is 5.91 Å². The second-order valence-electron chi connectivity index (χ2n) is 8.27. The van der Waals surface area contributed by atoms with Crippen LogP contribution in [0.4, 0.5) is 18.9 Å². The topological polar surface area (TPSA) is 104 Å². The van der Waals surface area contributed by atoms with Gasteiger partial charge in [-0.05, 0) is 48.8 Å². The first kappa shape index (κ1) is 23.0. The third kappa shape index (κ3) is 4.12. The van der Waals surface area contributed by atoms with Crippen LogP contribution in [0.25, 0.3) is 0 Å². The van der Waals surface area contributed by atoms with Crippen molar-refractivity contribution in [2.75, 3.05) is 11.1 Å². The first-order valence-electron chi connectivity index (χ1n) is 9.82. The van der Waals surface area contributed by atoms with Crippen LogP contribution >= 0.6 is 11.6 Å². The van der Waals surface area contributed by atoms with Gasteiger partial charge in [-0.2, -0.15) is 0 Å². The molecule has 0 saturated heterocycles. The molecule has 0 radical (unpaired) electrons. The number of amides is 1. The van der Waals surface area contributed by atoms with Crippen LogP contribution in [0.1, 0.15) is 23.2 Å². The van der Waals surface area contributed by atoms with Crippen molar-refractivity contribution in [1.82, 2.24) is 0 Å². The van der Waals surface area contributed by atoms with E-state index in [1.807, 2.05) is 0 Å². The molecule has 5 atom stereocenters. The maximum absolute atomic E-state index is 13.4. The molecule has 4 rings (SSSR count). The molecule has 2 saturated carbocycles. The monoisotopic (exact) mass is 489 g/mol. The van der Waals surface area contributed by atoms with Crippen molar-refractivity contribution >= 4 is 33.0 Å². The number of benzene rings is 2. The normalized spacial score (nSPS) is 27.0. The number of aliphatic hydroxyl groups excluding tert-OH is 2. The molecule has 2 bridgehead atoms. The number of aliphatic hydroxyl groups is 2. The Kier molecular flexibility index (Phi) is 6.00. The van der Waals surface area contributed by atoms with Crippen molar-refractivity contribution in [3.63, 3.8) is 0 Å². The molecule has 6 nitrogen and oxygen atoms in total. The number of carbonyl (C=O) groups is 1. The minimum Gasteiger partial charge on any atom is -0.390 e. The van der Waals surface area contributed by atoms with Crippen LogP contribution in [0.15, 0.2) is 35.2 Å². The van der Waals surface area contributed by atoms with Gasteiger partial charge in [0.1, 0.15) is 0 Å². The number of hydrogen-bond donors (Lipinski definition) is 3. The van der Waals surface area contributed by atoms with Gasteiger partial charge in [-0.25, -0.2) is 21.6 Å². The van der Waals surface area contributed by atoms with Crippen molar-refractivity contribution in [3.8, 4) is 0 Å². The molecular weight excluding hydrogens is 471 g/mol. The van der Waals surface area contributed by atoms with Gasteiger partial charge in [0.2, 0.25) is 0 Å². The zero-order valence-electron chi connectivity index (χ0n) is 16.4. The number of anilines is 1. The van der Waals surface area contributed by atoms with Gasteiger partial charge >= 0.3 is 0 Å². The summed E-state index contributed by atoms with van der Waals surface area (Å²) in [6, 6.07) is 4.71. The molecular formula is C21H19ClF3NO5S. The van der Waals surface area contributed by atoms with Gasteiger partial charge in [0.15, 0.2) is 27.3 Å². The van der Waals surface area contributed by atoms with Crippen LogP contribution < -0.4 is 5.32 Å². The van der Waals surface area contributed by atoms with Crippen LogP contribution in [-0.4, -0.2) is 42.5 Å². The average Bonchev–Trinajstić information content (AvgIpc) is 3.24. The van der Waals surface area contributed by atoms with Crippen molar-refractivity contribution in [1.29, 1.82) is 0 Å². The Labute approximate surface area is 186 Å². The molecule has 2 aromatic rings. The quantitative estimate of drug-likeness (QED) is 0.560. The number of rotatable bonds is 5. The van der Waals surface area contributed by atoms with E-state index in [1.54, 1.807) is 0 Å². The third-order valence-electron chi connectivity index (χ3n) is 6.26. The van der Waals surface area contributed by atoms with Crippen molar-refractivity contribution in [2.45, 2.75) is 29.9 Å². The molecule has 172 valence electrons. The Balaban J connectivity index is 1.55. The molecule has 2 aliphatic rings. The van der Waals surface area contributed by atoms with Gasteiger partial charge in [0.05, 0.1) is 27.9 Å². The van der Waals surface area contributed by atoms with Crippen LogP contribution in [-0.2, 0) is 9.84 Å². The molecule has 0 aliphatic heterocycles. The Morgan fingerprint density at radius 3 is 2.31 bits per heavy atom. The highest BCUT2D eigenvalue weighted by atomic mass is 35.5. The number of hydrogen-bond acceptors (Lipinski definition) is 5. The second kappa shape index (κ2) is 8.33. The Morgan fingerprint density at radius 2 is 1.72 bits per heavy atom. The van der Waals surface area contributed by atoms with E-state index in [9.17, 15) is 36.6 Å². The summed E-state index contributed by atoms with van der Waals surface area (Å²) < 4.78 is 65.9. The van der Waals surface area contributed by atoms with Gasteiger partial charge in [-0.15, -0.1) is 0 Å². The summed E-state index contributed by atoms with van der Waals surface area (Å²) in [7, 11) is -3.96. The van der Waals surface area contributed by atoms with Gasteiger partial charge in [-0.3, -0.25) is 4.79 Å². The fourth-order valence-corrected chi connectivity index (χ4v) is 6.98. The van der Waals surface area contributed by atoms with E-state index in [1.165, 1.54) is 12.1 Å². The summed E-state index contributed by atoms with van der Waals surface area (Å²) in [5.41, 5.74) is -0.484.